The lowest BCUT2D eigenvalue weighted by atomic mass is 10.1. The van der Waals surface area contributed by atoms with Crippen molar-refractivity contribution in [3.8, 4) is 11.4 Å². The van der Waals surface area contributed by atoms with E-state index in [2.05, 4.69) is 31.6 Å². The van der Waals surface area contributed by atoms with Crippen LogP contribution in [0.1, 0.15) is 19.8 Å². The van der Waals surface area contributed by atoms with Crippen LogP contribution in [0.5, 0.6) is 0 Å². The number of nitrogens with one attached hydrogen (secondary N) is 1. The highest BCUT2D eigenvalue weighted by molar-refractivity contribution is 7.71. The van der Waals surface area contributed by atoms with Crippen LogP contribution in [0.3, 0.4) is 0 Å². The van der Waals surface area contributed by atoms with E-state index in [0.717, 1.165) is 24.5 Å². The molecule has 0 aliphatic carbocycles. The molecule has 3 rings (SSSR count). The molecule has 1 atom stereocenters. The normalized spacial score (nSPS) is 17.2. The minimum atomic E-state index is 0.549. The molecule has 0 saturated carbocycles. The van der Waals surface area contributed by atoms with E-state index in [1.807, 2.05) is 12.1 Å². The van der Waals surface area contributed by atoms with Gasteiger partial charge in [-0.1, -0.05) is 6.92 Å². The molecule has 1 fully saturated rings. The van der Waals surface area contributed by atoms with E-state index in [0.29, 0.717) is 10.7 Å². The summed E-state index contributed by atoms with van der Waals surface area (Å²) in [5.74, 6) is 1.45. The van der Waals surface area contributed by atoms with Gasteiger partial charge in [-0.15, -0.1) is 0 Å². The Labute approximate surface area is 130 Å². The van der Waals surface area contributed by atoms with Gasteiger partial charge in [0.05, 0.1) is 0 Å². The highest BCUT2D eigenvalue weighted by Crippen LogP contribution is 2.18. The first kappa shape index (κ1) is 14.4. The van der Waals surface area contributed by atoms with Gasteiger partial charge < -0.3 is 4.90 Å². The summed E-state index contributed by atoms with van der Waals surface area (Å²) in [5, 5.41) is 7.29. The molecule has 3 heterocycles. The first-order valence-electron chi connectivity index (χ1n) is 7.52. The Morgan fingerprint density at radius 3 is 2.67 bits per heavy atom. The lowest BCUT2D eigenvalue weighted by molar-refractivity contribution is 0.271. The summed E-state index contributed by atoms with van der Waals surface area (Å²) < 4.78 is 2.79. The fourth-order valence-electron chi connectivity index (χ4n) is 2.98. The number of hydrogen-bond donors (Lipinski definition) is 1. The van der Waals surface area contributed by atoms with Crippen LogP contribution in [0.4, 0.5) is 0 Å². The molecule has 0 spiro atoms. The van der Waals surface area contributed by atoms with Crippen LogP contribution in [0.2, 0.25) is 0 Å². The molecule has 0 radical (unpaired) electrons. The van der Waals surface area contributed by atoms with Gasteiger partial charge in [0.2, 0.25) is 0 Å². The summed E-state index contributed by atoms with van der Waals surface area (Å²) in [7, 11) is 0. The number of aromatic nitrogens is 4. The van der Waals surface area contributed by atoms with Crippen molar-refractivity contribution in [2.45, 2.75) is 26.3 Å². The molecule has 0 bridgehead atoms. The van der Waals surface area contributed by atoms with Crippen molar-refractivity contribution < 1.29 is 0 Å². The van der Waals surface area contributed by atoms with E-state index in [1.165, 1.54) is 25.9 Å². The Hall–Kier alpha value is -1.53. The van der Waals surface area contributed by atoms with Gasteiger partial charge in [-0.05, 0) is 56.2 Å². The molecule has 2 aromatic rings. The Kier molecular flexibility index (Phi) is 4.45. The van der Waals surface area contributed by atoms with Crippen LogP contribution in [-0.2, 0) is 6.54 Å². The predicted molar refractivity (Wildman–Crippen MR) is 85.5 cm³/mol. The molecule has 1 saturated heterocycles. The first-order chi connectivity index (χ1) is 10.2. The summed E-state index contributed by atoms with van der Waals surface area (Å²) in [6, 6.07) is 3.93. The van der Waals surface area contributed by atoms with Crippen LogP contribution in [0, 0.1) is 10.7 Å². The monoisotopic (exact) mass is 303 g/mol. The quantitative estimate of drug-likeness (QED) is 0.863. The van der Waals surface area contributed by atoms with Gasteiger partial charge in [0.25, 0.3) is 0 Å². The molecule has 6 heteroatoms. The van der Waals surface area contributed by atoms with Gasteiger partial charge >= 0.3 is 0 Å². The molecule has 1 aliphatic rings. The van der Waals surface area contributed by atoms with Gasteiger partial charge in [0.1, 0.15) is 0 Å². The van der Waals surface area contributed by atoms with Crippen LogP contribution >= 0.6 is 12.2 Å². The fraction of sp³-hybridized carbons (Fsp3) is 0.533. The van der Waals surface area contributed by atoms with Crippen LogP contribution in [0.15, 0.2) is 24.5 Å². The summed E-state index contributed by atoms with van der Waals surface area (Å²) >= 11 is 5.39. The lowest BCUT2D eigenvalue weighted by Gasteiger charge is -2.21. The summed E-state index contributed by atoms with van der Waals surface area (Å²) in [6.07, 6.45) is 6.23. The smallest absolute Gasteiger partial charge is 0.195 e. The molecule has 1 N–H and O–H groups in total. The van der Waals surface area contributed by atoms with Crippen molar-refractivity contribution in [2.24, 2.45) is 5.92 Å². The number of aromatic amines is 1. The van der Waals surface area contributed by atoms with E-state index in [9.17, 15) is 0 Å². The first-order valence-corrected chi connectivity index (χ1v) is 7.93. The summed E-state index contributed by atoms with van der Waals surface area (Å²) in [6.45, 7) is 6.77. The van der Waals surface area contributed by atoms with Crippen LogP contribution in [-0.4, -0.2) is 44.3 Å². The zero-order chi connectivity index (χ0) is 14.7. The number of pyridine rings is 1. The zero-order valence-electron chi connectivity index (χ0n) is 12.3. The lowest BCUT2D eigenvalue weighted by Crippen LogP contribution is -2.27. The van der Waals surface area contributed by atoms with Crippen molar-refractivity contribution >= 4 is 12.2 Å². The van der Waals surface area contributed by atoms with Gasteiger partial charge in [-0.2, -0.15) is 5.10 Å². The zero-order valence-corrected chi connectivity index (χ0v) is 13.1. The van der Waals surface area contributed by atoms with E-state index >= 15 is 0 Å². The molecule has 1 aliphatic heterocycles. The predicted octanol–water partition coefficient (Wildman–Crippen LogP) is 2.73. The topological polar surface area (TPSA) is 49.7 Å². The summed E-state index contributed by atoms with van der Waals surface area (Å²) in [4.78, 5) is 6.60. The van der Waals surface area contributed by atoms with Crippen molar-refractivity contribution in [1.29, 1.82) is 0 Å². The Balaban J connectivity index is 1.76. The number of H-pyrrole nitrogens is 1. The molecular formula is C15H21N5S. The second-order valence-electron chi connectivity index (χ2n) is 5.81. The molecule has 21 heavy (non-hydrogen) atoms. The van der Waals surface area contributed by atoms with Gasteiger partial charge in [0.15, 0.2) is 10.6 Å². The Morgan fingerprint density at radius 1 is 1.24 bits per heavy atom. The highest BCUT2D eigenvalue weighted by Gasteiger charge is 2.17. The molecule has 2 aromatic heterocycles. The van der Waals surface area contributed by atoms with Crippen LogP contribution < -0.4 is 0 Å². The maximum absolute atomic E-state index is 5.39. The Morgan fingerprint density at radius 2 is 1.95 bits per heavy atom. The summed E-state index contributed by atoms with van der Waals surface area (Å²) in [5.41, 5.74) is 1.05. The number of rotatable bonds is 5. The fourth-order valence-corrected chi connectivity index (χ4v) is 3.19. The maximum Gasteiger partial charge on any atom is 0.195 e. The molecule has 112 valence electrons. The highest BCUT2D eigenvalue weighted by atomic mass is 32.1. The van der Waals surface area contributed by atoms with Crippen molar-refractivity contribution in [3.63, 3.8) is 0 Å². The Bertz CT molecular complexity index is 627. The average Bonchev–Trinajstić information content (AvgIpc) is 3.11. The van der Waals surface area contributed by atoms with Gasteiger partial charge in [-0.3, -0.25) is 14.6 Å². The number of hydrogen-bond acceptors (Lipinski definition) is 4. The second-order valence-corrected chi connectivity index (χ2v) is 6.20. The van der Waals surface area contributed by atoms with Crippen molar-refractivity contribution in [2.75, 3.05) is 19.6 Å². The van der Waals surface area contributed by atoms with Crippen molar-refractivity contribution in [3.05, 3.63) is 29.3 Å². The van der Waals surface area contributed by atoms with E-state index in [4.69, 9.17) is 12.2 Å². The SMILES string of the molecule is CC(CN1CCCC1)Cn1c(-c2ccncc2)n[nH]c1=S. The molecule has 0 amide bonds. The van der Waals surface area contributed by atoms with E-state index in [-0.39, 0.29) is 0 Å². The minimum absolute atomic E-state index is 0.549. The van der Waals surface area contributed by atoms with E-state index < -0.39 is 0 Å². The third-order valence-corrected chi connectivity index (χ3v) is 4.27. The molecule has 1 unspecified atom stereocenters. The number of likely N-dealkylation sites (tertiary alicyclic amines) is 1. The average molecular weight is 303 g/mol. The third kappa shape index (κ3) is 3.39. The van der Waals surface area contributed by atoms with Gasteiger partial charge in [0, 0.05) is 31.0 Å². The largest absolute Gasteiger partial charge is 0.303 e. The van der Waals surface area contributed by atoms with E-state index in [1.54, 1.807) is 12.4 Å². The standard InChI is InChI=1S/C15H21N5S/c1-12(10-19-8-2-3-9-19)11-20-14(17-18-15(20)21)13-4-6-16-7-5-13/h4-7,12H,2-3,8-11H2,1H3,(H,18,21). The maximum atomic E-state index is 5.39. The molecule has 0 aromatic carbocycles. The van der Waals surface area contributed by atoms with Gasteiger partial charge in [-0.25, -0.2) is 0 Å². The minimum Gasteiger partial charge on any atom is -0.303 e. The van der Waals surface area contributed by atoms with Crippen molar-refractivity contribution in [1.82, 2.24) is 24.6 Å². The number of nitrogens with zero attached hydrogens (tertiary/aromatic N) is 4. The second kappa shape index (κ2) is 6.49. The van der Waals surface area contributed by atoms with Crippen LogP contribution in [0.25, 0.3) is 11.4 Å². The third-order valence-electron chi connectivity index (χ3n) is 3.96. The molecular weight excluding hydrogens is 282 g/mol. The molecule has 5 nitrogen and oxygen atoms in total.